The SMILES string of the molecule is CCOc1ccc2c(c1)/C(=N/N=C1/C[C@@H](c3ccccc3)N=N1)C(=O)N2C. The Hall–Kier alpha value is -3.35. The smallest absolute Gasteiger partial charge is 0.279 e. The standard InChI is InChI=1S/C20H19N5O2/c1-3-27-14-9-10-17-15(11-14)19(20(26)25(17)2)24-23-18-12-16(21-22-18)13-7-5-4-6-8-13/h4-11,16H,3,12H2,1-2H3/b23-18-,24-19-/t16-/m0/s1. The van der Waals surface area contributed by atoms with Crippen molar-refractivity contribution in [3.05, 3.63) is 59.7 Å². The van der Waals surface area contributed by atoms with Gasteiger partial charge in [0, 0.05) is 19.0 Å². The molecule has 7 heteroatoms. The zero-order chi connectivity index (χ0) is 18.8. The Bertz CT molecular complexity index is 966. The normalized spacial score (nSPS) is 21.3. The lowest BCUT2D eigenvalue weighted by Crippen LogP contribution is -2.25. The summed E-state index contributed by atoms with van der Waals surface area (Å²) in [5, 5.41) is 16.8. The highest BCUT2D eigenvalue weighted by molar-refractivity contribution is 6.54. The van der Waals surface area contributed by atoms with Crippen LogP contribution in [0.1, 0.15) is 30.5 Å². The molecular formula is C20H19N5O2. The molecule has 27 heavy (non-hydrogen) atoms. The molecule has 1 amide bonds. The van der Waals surface area contributed by atoms with E-state index in [-0.39, 0.29) is 11.9 Å². The van der Waals surface area contributed by atoms with Gasteiger partial charge in [0.15, 0.2) is 11.5 Å². The van der Waals surface area contributed by atoms with Gasteiger partial charge in [-0.2, -0.15) is 5.11 Å². The average molecular weight is 361 g/mol. The molecule has 0 aromatic heterocycles. The maximum atomic E-state index is 12.6. The highest BCUT2D eigenvalue weighted by Gasteiger charge is 2.32. The van der Waals surface area contributed by atoms with Crippen molar-refractivity contribution in [2.75, 3.05) is 18.6 Å². The van der Waals surface area contributed by atoms with E-state index < -0.39 is 0 Å². The Morgan fingerprint density at radius 2 is 2.00 bits per heavy atom. The second-order valence-electron chi connectivity index (χ2n) is 6.29. The molecule has 0 bridgehead atoms. The number of benzene rings is 2. The fourth-order valence-corrected chi connectivity index (χ4v) is 3.15. The summed E-state index contributed by atoms with van der Waals surface area (Å²) < 4.78 is 5.54. The molecule has 7 nitrogen and oxygen atoms in total. The highest BCUT2D eigenvalue weighted by Crippen LogP contribution is 2.32. The Morgan fingerprint density at radius 3 is 2.78 bits per heavy atom. The number of hydrogen-bond donors (Lipinski definition) is 0. The first kappa shape index (κ1) is 17.1. The lowest BCUT2D eigenvalue weighted by Gasteiger charge is -2.09. The van der Waals surface area contributed by atoms with E-state index in [0.717, 1.165) is 11.3 Å². The molecular weight excluding hydrogens is 342 g/mol. The van der Waals surface area contributed by atoms with E-state index in [1.807, 2.05) is 55.5 Å². The number of hydrogen-bond acceptors (Lipinski definition) is 5. The third kappa shape index (κ3) is 3.23. The first-order valence-corrected chi connectivity index (χ1v) is 8.83. The molecule has 2 aromatic rings. The molecule has 0 radical (unpaired) electrons. The van der Waals surface area contributed by atoms with Crippen molar-refractivity contribution in [2.45, 2.75) is 19.4 Å². The summed E-state index contributed by atoms with van der Waals surface area (Å²) in [7, 11) is 1.72. The molecule has 4 rings (SSSR count). The van der Waals surface area contributed by atoms with Crippen molar-refractivity contribution in [1.82, 2.24) is 0 Å². The van der Waals surface area contributed by atoms with Crippen LogP contribution in [0.25, 0.3) is 0 Å². The first-order chi connectivity index (χ1) is 13.2. The molecule has 0 spiro atoms. The number of carbonyl (C=O) groups excluding carboxylic acids is 1. The van der Waals surface area contributed by atoms with Crippen LogP contribution >= 0.6 is 0 Å². The minimum atomic E-state index is -0.197. The van der Waals surface area contributed by atoms with E-state index >= 15 is 0 Å². The van der Waals surface area contributed by atoms with Crippen LogP contribution in [-0.2, 0) is 4.79 Å². The summed E-state index contributed by atoms with van der Waals surface area (Å²) in [6, 6.07) is 15.4. The molecule has 2 aliphatic heterocycles. The fourth-order valence-electron chi connectivity index (χ4n) is 3.15. The third-order valence-electron chi connectivity index (χ3n) is 4.54. The Balaban J connectivity index is 1.60. The zero-order valence-corrected chi connectivity index (χ0v) is 15.2. The second kappa shape index (κ2) is 7.11. The number of anilines is 1. The van der Waals surface area contributed by atoms with Crippen LogP contribution in [0.2, 0.25) is 0 Å². The molecule has 136 valence electrons. The van der Waals surface area contributed by atoms with Crippen LogP contribution < -0.4 is 9.64 Å². The van der Waals surface area contributed by atoms with E-state index in [2.05, 4.69) is 20.4 Å². The van der Waals surface area contributed by atoms with E-state index in [0.29, 0.717) is 35.9 Å². The number of azo groups is 1. The first-order valence-electron chi connectivity index (χ1n) is 8.83. The van der Waals surface area contributed by atoms with Crippen molar-refractivity contribution < 1.29 is 9.53 Å². The van der Waals surface area contributed by atoms with Crippen molar-refractivity contribution in [2.24, 2.45) is 20.4 Å². The number of rotatable bonds is 4. The van der Waals surface area contributed by atoms with Crippen LogP contribution in [0.15, 0.2) is 69.0 Å². The predicted molar refractivity (Wildman–Crippen MR) is 104 cm³/mol. The number of nitrogens with zero attached hydrogens (tertiary/aromatic N) is 5. The minimum Gasteiger partial charge on any atom is -0.494 e. The average Bonchev–Trinajstić information content (AvgIpc) is 3.25. The van der Waals surface area contributed by atoms with Gasteiger partial charge in [-0.3, -0.25) is 4.79 Å². The van der Waals surface area contributed by atoms with E-state index in [9.17, 15) is 4.79 Å². The number of likely N-dealkylation sites (N-methyl/N-ethyl adjacent to an activating group) is 1. The van der Waals surface area contributed by atoms with Crippen molar-refractivity contribution in [1.29, 1.82) is 0 Å². The molecule has 2 aromatic carbocycles. The second-order valence-corrected chi connectivity index (χ2v) is 6.29. The van der Waals surface area contributed by atoms with Crippen LogP contribution in [0.3, 0.4) is 0 Å². The van der Waals surface area contributed by atoms with Crippen molar-refractivity contribution in [3.63, 3.8) is 0 Å². The van der Waals surface area contributed by atoms with E-state index in [1.54, 1.807) is 11.9 Å². The summed E-state index contributed by atoms with van der Waals surface area (Å²) >= 11 is 0. The molecule has 2 heterocycles. The van der Waals surface area contributed by atoms with Gasteiger partial charge in [0.2, 0.25) is 0 Å². The molecule has 0 unspecified atom stereocenters. The van der Waals surface area contributed by atoms with Crippen molar-refractivity contribution >= 4 is 23.1 Å². The van der Waals surface area contributed by atoms with Gasteiger partial charge in [-0.05, 0) is 30.7 Å². The van der Waals surface area contributed by atoms with E-state index in [1.165, 1.54) is 0 Å². The number of amidine groups is 1. The summed E-state index contributed by atoms with van der Waals surface area (Å²) in [4.78, 5) is 14.1. The largest absolute Gasteiger partial charge is 0.494 e. The van der Waals surface area contributed by atoms with Crippen molar-refractivity contribution in [3.8, 4) is 5.75 Å². The fraction of sp³-hybridized carbons (Fsp3) is 0.250. The summed E-state index contributed by atoms with van der Waals surface area (Å²) in [6.07, 6.45) is 0.566. The predicted octanol–water partition coefficient (Wildman–Crippen LogP) is 3.76. The lowest BCUT2D eigenvalue weighted by atomic mass is 10.1. The Labute approximate surface area is 157 Å². The van der Waals surface area contributed by atoms with Crippen LogP contribution in [0.5, 0.6) is 5.75 Å². The summed E-state index contributed by atoms with van der Waals surface area (Å²) in [6.45, 7) is 2.47. The molecule has 0 fully saturated rings. The van der Waals surface area contributed by atoms with Gasteiger partial charge in [-0.15, -0.1) is 15.3 Å². The zero-order valence-electron chi connectivity index (χ0n) is 15.2. The topological polar surface area (TPSA) is 79.0 Å². The molecule has 0 saturated carbocycles. The Morgan fingerprint density at radius 1 is 1.19 bits per heavy atom. The number of amides is 1. The number of ether oxygens (including phenoxy) is 1. The van der Waals surface area contributed by atoms with Crippen LogP contribution in [0, 0.1) is 0 Å². The van der Waals surface area contributed by atoms with Gasteiger partial charge >= 0.3 is 0 Å². The number of fused-ring (bicyclic) bond motifs is 1. The maximum absolute atomic E-state index is 12.6. The maximum Gasteiger partial charge on any atom is 0.279 e. The molecule has 0 aliphatic carbocycles. The summed E-state index contributed by atoms with van der Waals surface area (Å²) in [5.74, 6) is 1.02. The van der Waals surface area contributed by atoms with Crippen LogP contribution in [-0.4, -0.2) is 31.1 Å². The summed E-state index contributed by atoms with van der Waals surface area (Å²) in [5.41, 5.74) is 2.88. The van der Waals surface area contributed by atoms with Gasteiger partial charge in [0.25, 0.3) is 5.91 Å². The van der Waals surface area contributed by atoms with Gasteiger partial charge in [-0.1, -0.05) is 30.3 Å². The Kier molecular flexibility index (Phi) is 4.50. The minimum absolute atomic E-state index is 0.0519. The van der Waals surface area contributed by atoms with Crippen LogP contribution in [0.4, 0.5) is 5.69 Å². The van der Waals surface area contributed by atoms with Gasteiger partial charge in [-0.25, -0.2) is 0 Å². The van der Waals surface area contributed by atoms with Gasteiger partial charge in [0.1, 0.15) is 11.8 Å². The van der Waals surface area contributed by atoms with Gasteiger partial charge < -0.3 is 9.64 Å². The molecule has 0 N–H and O–H groups in total. The number of carbonyl (C=O) groups is 1. The quantitative estimate of drug-likeness (QED) is 0.777. The molecule has 0 saturated heterocycles. The van der Waals surface area contributed by atoms with E-state index in [4.69, 9.17) is 4.74 Å². The van der Waals surface area contributed by atoms with Gasteiger partial charge in [0.05, 0.1) is 12.3 Å². The lowest BCUT2D eigenvalue weighted by molar-refractivity contribution is -0.111. The molecule has 1 atom stereocenters. The monoisotopic (exact) mass is 361 g/mol. The highest BCUT2D eigenvalue weighted by atomic mass is 16.5. The molecule has 2 aliphatic rings. The third-order valence-corrected chi connectivity index (χ3v) is 4.54.